The molecule has 0 N–H and O–H groups in total. The Hall–Kier alpha value is -1.28. The van der Waals surface area contributed by atoms with Crippen LogP contribution in [0.25, 0.3) is 5.57 Å². The summed E-state index contributed by atoms with van der Waals surface area (Å²) in [6.45, 7) is 2.46. The average Bonchev–Trinajstić information content (AvgIpc) is 2.22. The van der Waals surface area contributed by atoms with Crippen LogP contribution in [-0.4, -0.2) is 32.1 Å². The van der Waals surface area contributed by atoms with E-state index in [1.807, 2.05) is 12.1 Å². The van der Waals surface area contributed by atoms with Gasteiger partial charge in [0.25, 0.3) is 0 Å². The van der Waals surface area contributed by atoms with Crippen molar-refractivity contribution in [3.05, 3.63) is 35.9 Å². The van der Waals surface area contributed by atoms with Crippen LogP contribution in [0.2, 0.25) is 0 Å². The van der Waals surface area contributed by atoms with Gasteiger partial charge in [-0.15, -0.1) is 0 Å². The molecule has 0 bridgehead atoms. The number of nitrogens with zero attached hydrogens (tertiary/aromatic N) is 1. The molecule has 2 aliphatic rings. The van der Waals surface area contributed by atoms with Gasteiger partial charge in [0.15, 0.2) is 0 Å². The van der Waals surface area contributed by atoms with Gasteiger partial charge < -0.3 is 9.64 Å². The van der Waals surface area contributed by atoms with E-state index in [0.717, 1.165) is 5.75 Å². The van der Waals surface area contributed by atoms with Gasteiger partial charge in [0.05, 0.1) is 7.11 Å². The molecule has 2 heteroatoms. The van der Waals surface area contributed by atoms with Crippen molar-refractivity contribution in [1.29, 1.82) is 0 Å². The third kappa shape index (κ3) is 1.45. The van der Waals surface area contributed by atoms with E-state index in [2.05, 4.69) is 30.2 Å². The van der Waals surface area contributed by atoms with E-state index in [0.29, 0.717) is 5.41 Å². The van der Waals surface area contributed by atoms with E-state index >= 15 is 0 Å². The van der Waals surface area contributed by atoms with Gasteiger partial charge in [0, 0.05) is 18.5 Å². The Morgan fingerprint density at radius 3 is 2.31 bits per heavy atom. The van der Waals surface area contributed by atoms with Crippen LogP contribution in [0.3, 0.4) is 0 Å². The molecule has 84 valence electrons. The summed E-state index contributed by atoms with van der Waals surface area (Å²) >= 11 is 0. The summed E-state index contributed by atoms with van der Waals surface area (Å²) in [5, 5.41) is 0. The monoisotopic (exact) mass is 215 g/mol. The van der Waals surface area contributed by atoms with Crippen molar-refractivity contribution < 1.29 is 4.74 Å². The Morgan fingerprint density at radius 1 is 1.19 bits per heavy atom. The lowest BCUT2D eigenvalue weighted by Crippen LogP contribution is -2.56. The summed E-state index contributed by atoms with van der Waals surface area (Å²) in [7, 11) is 3.89. The number of allylic oxidation sites excluding steroid dienone is 1. The smallest absolute Gasteiger partial charge is 0.118 e. The molecule has 3 rings (SSSR count). The topological polar surface area (TPSA) is 12.5 Å². The minimum Gasteiger partial charge on any atom is -0.497 e. The molecule has 1 aromatic rings. The van der Waals surface area contributed by atoms with Gasteiger partial charge in [-0.3, -0.25) is 0 Å². The molecule has 1 spiro atoms. The fourth-order valence-electron chi connectivity index (χ4n) is 2.94. The second kappa shape index (κ2) is 3.36. The first-order chi connectivity index (χ1) is 7.71. The molecule has 0 saturated carbocycles. The van der Waals surface area contributed by atoms with Crippen LogP contribution < -0.4 is 4.74 Å². The maximum Gasteiger partial charge on any atom is 0.118 e. The summed E-state index contributed by atoms with van der Waals surface area (Å²) < 4.78 is 5.16. The van der Waals surface area contributed by atoms with Gasteiger partial charge in [-0.2, -0.15) is 0 Å². The Kier molecular flexibility index (Phi) is 2.08. The van der Waals surface area contributed by atoms with Crippen LogP contribution in [0.1, 0.15) is 12.0 Å². The Balaban J connectivity index is 1.75. The molecule has 2 nitrogen and oxygen atoms in total. The lowest BCUT2D eigenvalue weighted by atomic mass is 9.64. The zero-order valence-electron chi connectivity index (χ0n) is 9.86. The maximum atomic E-state index is 5.16. The molecule has 1 aliphatic carbocycles. The Morgan fingerprint density at radius 2 is 1.81 bits per heavy atom. The molecule has 0 unspecified atom stereocenters. The number of rotatable bonds is 2. The summed E-state index contributed by atoms with van der Waals surface area (Å²) in [4.78, 5) is 2.38. The van der Waals surface area contributed by atoms with E-state index in [1.54, 1.807) is 7.11 Å². The number of ether oxygens (including phenoxy) is 1. The molecular weight excluding hydrogens is 198 g/mol. The first-order valence-electron chi connectivity index (χ1n) is 5.75. The second-order valence-corrected chi connectivity index (χ2v) is 5.11. The van der Waals surface area contributed by atoms with E-state index in [1.165, 1.54) is 30.6 Å². The first-order valence-corrected chi connectivity index (χ1v) is 5.75. The normalized spacial score (nSPS) is 22.2. The van der Waals surface area contributed by atoms with Crippen molar-refractivity contribution in [2.24, 2.45) is 5.41 Å². The molecule has 1 heterocycles. The quantitative estimate of drug-likeness (QED) is 0.751. The number of benzene rings is 1. The Bertz CT molecular complexity index is 427. The van der Waals surface area contributed by atoms with Crippen LogP contribution in [0.5, 0.6) is 5.75 Å². The van der Waals surface area contributed by atoms with Crippen molar-refractivity contribution >= 4 is 5.57 Å². The highest BCUT2D eigenvalue weighted by Crippen LogP contribution is 2.49. The van der Waals surface area contributed by atoms with Gasteiger partial charge in [-0.1, -0.05) is 18.2 Å². The number of hydrogen-bond donors (Lipinski definition) is 0. The van der Waals surface area contributed by atoms with Crippen LogP contribution in [0.4, 0.5) is 0 Å². The van der Waals surface area contributed by atoms with Crippen molar-refractivity contribution in [1.82, 2.24) is 4.90 Å². The summed E-state index contributed by atoms with van der Waals surface area (Å²) in [5.41, 5.74) is 3.36. The Labute approximate surface area is 96.5 Å². The van der Waals surface area contributed by atoms with Gasteiger partial charge in [0.1, 0.15) is 5.75 Å². The summed E-state index contributed by atoms with van der Waals surface area (Å²) in [5.74, 6) is 0.932. The third-order valence-corrected chi connectivity index (χ3v) is 3.65. The predicted octanol–water partition coefficient (Wildman–Crippen LogP) is 2.41. The largest absolute Gasteiger partial charge is 0.497 e. The fourth-order valence-corrected chi connectivity index (χ4v) is 2.94. The van der Waals surface area contributed by atoms with Gasteiger partial charge in [0.2, 0.25) is 0 Å². The highest BCUT2D eigenvalue weighted by Gasteiger charge is 2.45. The number of likely N-dealkylation sites (tertiary alicyclic amines) is 1. The van der Waals surface area contributed by atoms with E-state index in [4.69, 9.17) is 4.74 Å². The first kappa shape index (κ1) is 9.91. The molecule has 0 radical (unpaired) electrons. The molecule has 1 aliphatic heterocycles. The standard InChI is InChI=1S/C14H17NO/c1-15-9-14(10-15)7-12(8-14)11-3-5-13(16-2)6-4-11/h3-7H,8-10H2,1-2H3. The molecule has 0 amide bonds. The van der Waals surface area contributed by atoms with Crippen LogP contribution >= 0.6 is 0 Å². The minimum absolute atomic E-state index is 0.518. The second-order valence-electron chi connectivity index (χ2n) is 5.11. The number of hydrogen-bond acceptors (Lipinski definition) is 2. The van der Waals surface area contributed by atoms with E-state index < -0.39 is 0 Å². The van der Waals surface area contributed by atoms with Crippen LogP contribution in [0.15, 0.2) is 30.3 Å². The molecular formula is C14H17NO. The summed E-state index contributed by atoms with van der Waals surface area (Å²) in [6.07, 6.45) is 3.69. The van der Waals surface area contributed by atoms with Crippen molar-refractivity contribution in [2.45, 2.75) is 6.42 Å². The predicted molar refractivity (Wildman–Crippen MR) is 65.5 cm³/mol. The zero-order valence-corrected chi connectivity index (χ0v) is 9.86. The molecule has 16 heavy (non-hydrogen) atoms. The number of methoxy groups -OCH3 is 1. The van der Waals surface area contributed by atoms with Crippen molar-refractivity contribution in [2.75, 3.05) is 27.2 Å². The summed E-state index contributed by atoms with van der Waals surface area (Å²) in [6, 6.07) is 8.38. The van der Waals surface area contributed by atoms with Crippen LogP contribution in [-0.2, 0) is 0 Å². The highest BCUT2D eigenvalue weighted by molar-refractivity contribution is 5.73. The van der Waals surface area contributed by atoms with E-state index in [9.17, 15) is 0 Å². The SMILES string of the molecule is COc1ccc(C2=CC3(C2)CN(C)C3)cc1. The third-order valence-electron chi connectivity index (χ3n) is 3.65. The fraction of sp³-hybridized carbons (Fsp3) is 0.429. The average molecular weight is 215 g/mol. The van der Waals surface area contributed by atoms with Gasteiger partial charge in [-0.05, 0) is 36.7 Å². The van der Waals surface area contributed by atoms with Gasteiger partial charge >= 0.3 is 0 Å². The molecule has 0 atom stereocenters. The lowest BCUT2D eigenvalue weighted by Gasteiger charge is -2.53. The minimum atomic E-state index is 0.518. The molecule has 1 aromatic carbocycles. The van der Waals surface area contributed by atoms with Crippen molar-refractivity contribution in [3.8, 4) is 5.75 Å². The van der Waals surface area contributed by atoms with Crippen molar-refractivity contribution in [3.63, 3.8) is 0 Å². The lowest BCUT2D eigenvalue weighted by molar-refractivity contribution is 0.0589. The van der Waals surface area contributed by atoms with Crippen LogP contribution in [0, 0.1) is 5.41 Å². The molecule has 1 saturated heterocycles. The van der Waals surface area contributed by atoms with Gasteiger partial charge in [-0.25, -0.2) is 0 Å². The van der Waals surface area contributed by atoms with E-state index in [-0.39, 0.29) is 0 Å². The highest BCUT2D eigenvalue weighted by atomic mass is 16.5. The maximum absolute atomic E-state index is 5.16. The zero-order chi connectivity index (χ0) is 11.2. The molecule has 1 fully saturated rings. The molecule has 0 aromatic heterocycles.